The molecular weight excluding hydrogens is 652 g/mol. The van der Waals surface area contributed by atoms with E-state index in [4.69, 9.17) is 33.2 Å². The number of fused-ring (bicyclic) bond motifs is 5. The van der Waals surface area contributed by atoms with Crippen molar-refractivity contribution in [1.29, 1.82) is 0 Å². The molecule has 3 aliphatic carbocycles. The van der Waals surface area contributed by atoms with E-state index in [1.165, 1.54) is 34.6 Å². The highest BCUT2D eigenvalue weighted by Gasteiger charge is 2.77. The predicted molar refractivity (Wildman–Crippen MR) is 173 cm³/mol. The highest BCUT2D eigenvalue weighted by Crippen LogP contribution is 2.65. The van der Waals surface area contributed by atoms with Crippen LogP contribution in [-0.2, 0) is 57.1 Å². The summed E-state index contributed by atoms with van der Waals surface area (Å²) in [5, 5.41) is 0. The Morgan fingerprint density at radius 2 is 1.34 bits per heavy atom. The fraction of sp³-hybridized carbons (Fsp3) is 0.622. The number of rotatable bonds is 7. The lowest BCUT2D eigenvalue weighted by atomic mass is 9.45. The molecule has 1 saturated heterocycles. The van der Waals surface area contributed by atoms with Gasteiger partial charge in [-0.05, 0) is 42.0 Å². The third-order valence-corrected chi connectivity index (χ3v) is 11.1. The van der Waals surface area contributed by atoms with Gasteiger partial charge < -0.3 is 33.2 Å². The number of carbonyl (C=O) groups is 6. The maximum Gasteiger partial charge on any atom is 0.338 e. The van der Waals surface area contributed by atoms with E-state index in [1.54, 1.807) is 44.2 Å². The summed E-state index contributed by atoms with van der Waals surface area (Å²) in [5.41, 5.74) is -2.70. The number of carbonyl (C=O) groups excluding carboxylic acids is 6. The second-order valence-electron chi connectivity index (χ2n) is 14.6. The highest BCUT2D eigenvalue weighted by atomic mass is 16.6. The molecule has 1 aromatic carbocycles. The monoisotopic (exact) mass is 698 g/mol. The van der Waals surface area contributed by atoms with Crippen molar-refractivity contribution in [3.63, 3.8) is 0 Å². The zero-order valence-electron chi connectivity index (χ0n) is 29.9. The van der Waals surface area contributed by atoms with Crippen molar-refractivity contribution in [1.82, 2.24) is 0 Å². The quantitative estimate of drug-likeness (QED) is 0.228. The van der Waals surface area contributed by atoms with Gasteiger partial charge in [-0.3, -0.25) is 24.0 Å². The van der Waals surface area contributed by atoms with Gasteiger partial charge in [-0.15, -0.1) is 0 Å². The van der Waals surface area contributed by atoms with Gasteiger partial charge in [0.05, 0.1) is 23.5 Å². The minimum Gasteiger partial charge on any atom is -0.462 e. The maximum absolute atomic E-state index is 14.1. The van der Waals surface area contributed by atoms with Crippen LogP contribution < -0.4 is 0 Å². The van der Waals surface area contributed by atoms with E-state index in [-0.39, 0.29) is 25.0 Å². The smallest absolute Gasteiger partial charge is 0.338 e. The molecule has 5 rings (SSSR count). The summed E-state index contributed by atoms with van der Waals surface area (Å²) in [5.74, 6) is -5.75. The van der Waals surface area contributed by atoms with Crippen molar-refractivity contribution in [2.24, 2.45) is 22.7 Å². The number of hydrogen-bond acceptors (Lipinski definition) is 13. The fourth-order valence-corrected chi connectivity index (χ4v) is 9.24. The topological polar surface area (TPSA) is 167 Å². The Labute approximate surface area is 291 Å². The summed E-state index contributed by atoms with van der Waals surface area (Å²) in [6.45, 7) is 13.3. The molecule has 0 unspecified atom stereocenters. The molecular formula is C37H46O13. The van der Waals surface area contributed by atoms with Gasteiger partial charge in [-0.25, -0.2) is 4.79 Å². The molecule has 13 nitrogen and oxygen atoms in total. The summed E-state index contributed by atoms with van der Waals surface area (Å²) in [6, 6.07) is 8.35. The second-order valence-corrected chi connectivity index (χ2v) is 14.6. The van der Waals surface area contributed by atoms with Crippen LogP contribution in [0.25, 0.3) is 0 Å². The van der Waals surface area contributed by atoms with Crippen molar-refractivity contribution in [2.75, 3.05) is 6.61 Å². The van der Waals surface area contributed by atoms with E-state index >= 15 is 0 Å². The van der Waals surface area contributed by atoms with Gasteiger partial charge in [0.25, 0.3) is 0 Å². The van der Waals surface area contributed by atoms with Gasteiger partial charge in [-0.2, -0.15) is 0 Å². The lowest BCUT2D eigenvalue weighted by Gasteiger charge is -2.68. The first-order chi connectivity index (χ1) is 23.3. The third-order valence-electron chi connectivity index (χ3n) is 11.1. The Hall–Kier alpha value is -4.26. The lowest BCUT2D eigenvalue weighted by Crippen LogP contribution is -2.80. The molecule has 0 N–H and O–H groups in total. The molecule has 272 valence electrons. The Morgan fingerprint density at radius 3 is 1.86 bits per heavy atom. The van der Waals surface area contributed by atoms with Crippen molar-refractivity contribution >= 4 is 35.8 Å². The van der Waals surface area contributed by atoms with Crippen molar-refractivity contribution < 1.29 is 61.9 Å². The van der Waals surface area contributed by atoms with E-state index in [0.29, 0.717) is 11.1 Å². The second kappa shape index (κ2) is 13.5. The largest absolute Gasteiger partial charge is 0.462 e. The molecule has 0 spiro atoms. The Morgan fingerprint density at radius 1 is 0.740 bits per heavy atom. The molecule has 4 aliphatic rings. The molecule has 1 aliphatic heterocycles. The summed E-state index contributed by atoms with van der Waals surface area (Å²) < 4.78 is 43.1. The minimum absolute atomic E-state index is 0.0198. The van der Waals surface area contributed by atoms with E-state index in [9.17, 15) is 28.8 Å². The van der Waals surface area contributed by atoms with E-state index in [0.717, 1.165) is 0 Å². The Bertz CT molecular complexity index is 1600. The molecule has 0 amide bonds. The first-order valence-electron chi connectivity index (χ1n) is 16.8. The van der Waals surface area contributed by atoms with Gasteiger partial charge in [0.1, 0.15) is 24.4 Å². The summed E-state index contributed by atoms with van der Waals surface area (Å²) in [6.07, 6.45) is -6.43. The van der Waals surface area contributed by atoms with Gasteiger partial charge in [0.15, 0.2) is 17.8 Å². The zero-order valence-corrected chi connectivity index (χ0v) is 29.9. The van der Waals surface area contributed by atoms with E-state index < -0.39 is 101 Å². The molecule has 0 aromatic heterocycles. The van der Waals surface area contributed by atoms with Crippen LogP contribution >= 0.6 is 0 Å². The summed E-state index contributed by atoms with van der Waals surface area (Å²) in [4.78, 5) is 78.5. The van der Waals surface area contributed by atoms with Gasteiger partial charge in [0, 0.05) is 47.0 Å². The van der Waals surface area contributed by atoms with Crippen LogP contribution in [0.5, 0.6) is 0 Å². The van der Waals surface area contributed by atoms with Gasteiger partial charge in [-0.1, -0.05) is 39.0 Å². The van der Waals surface area contributed by atoms with Crippen LogP contribution in [0, 0.1) is 22.7 Å². The van der Waals surface area contributed by atoms with Crippen LogP contribution in [0.15, 0.2) is 41.5 Å². The van der Waals surface area contributed by atoms with Crippen molar-refractivity contribution in [3.8, 4) is 0 Å². The molecule has 2 saturated carbocycles. The summed E-state index contributed by atoms with van der Waals surface area (Å²) in [7, 11) is 0. The third kappa shape index (κ3) is 6.29. The number of esters is 6. The van der Waals surface area contributed by atoms with Gasteiger partial charge >= 0.3 is 35.8 Å². The normalized spacial score (nSPS) is 35.3. The standard InChI is InChI=1S/C37H46O13/c1-18-26(45-19(2)38)15-25-30(49-34(43)24-13-11-10-12-14-24)32-36(9,27(46-20(3)39)16-28-37(32,17-44-28)50-23(6)42)33(48-22(5)41)31(47-21(4)40)29(18)35(25,7)8/h10-14,25-28,30-33H,15-17H2,1-9H3/t25-,26-,27-,28+,30+,31+,32-,33+,36+,37-/m0/s1. The SMILES string of the molecule is CC(=O)O[C@H]1C[C@H]2[C@@H](OC(=O)c3ccccc3)[C@@H]3[C@]4(OC(C)=O)CO[C@@H]4C[C@H](OC(C)=O)[C@@]3(C)[C@H](OC(C)=O)[C@H](OC(C)=O)C(=C1C)C2(C)C. The molecule has 0 radical (unpaired) electrons. The lowest BCUT2D eigenvalue weighted by molar-refractivity contribution is -0.355. The molecule has 2 bridgehead atoms. The van der Waals surface area contributed by atoms with Crippen LogP contribution in [-0.4, -0.2) is 84.6 Å². The number of benzene rings is 1. The van der Waals surface area contributed by atoms with Gasteiger partial charge in [0.2, 0.25) is 0 Å². The van der Waals surface area contributed by atoms with Crippen molar-refractivity contribution in [3.05, 3.63) is 47.0 Å². The van der Waals surface area contributed by atoms with Crippen LogP contribution in [0.1, 0.15) is 85.5 Å². The molecule has 3 fully saturated rings. The Kier molecular flexibility index (Phi) is 9.96. The van der Waals surface area contributed by atoms with E-state index in [2.05, 4.69) is 0 Å². The molecule has 50 heavy (non-hydrogen) atoms. The maximum atomic E-state index is 14.1. The summed E-state index contributed by atoms with van der Waals surface area (Å²) >= 11 is 0. The Balaban J connectivity index is 1.91. The minimum atomic E-state index is -1.55. The van der Waals surface area contributed by atoms with E-state index in [1.807, 2.05) is 13.8 Å². The first-order valence-corrected chi connectivity index (χ1v) is 16.8. The number of hydrogen-bond donors (Lipinski definition) is 0. The highest BCUT2D eigenvalue weighted by molar-refractivity contribution is 5.89. The first kappa shape index (κ1) is 37.0. The molecule has 1 heterocycles. The number of ether oxygens (including phenoxy) is 7. The average Bonchev–Trinajstić information content (AvgIpc) is 2.99. The zero-order chi connectivity index (χ0) is 36.9. The van der Waals surface area contributed by atoms with Crippen LogP contribution in [0.3, 0.4) is 0 Å². The predicted octanol–water partition coefficient (Wildman–Crippen LogP) is 4.04. The van der Waals surface area contributed by atoms with Crippen LogP contribution in [0.4, 0.5) is 0 Å². The van der Waals surface area contributed by atoms with Crippen LogP contribution in [0.2, 0.25) is 0 Å². The average molecular weight is 699 g/mol. The molecule has 10 atom stereocenters. The molecule has 13 heteroatoms. The molecule has 1 aromatic rings. The fourth-order valence-electron chi connectivity index (χ4n) is 9.24. The van der Waals surface area contributed by atoms with Crippen molar-refractivity contribution in [2.45, 2.75) is 117 Å².